The van der Waals surface area contributed by atoms with E-state index in [4.69, 9.17) is 4.74 Å². The molecular weight excluding hydrogens is 238 g/mol. The normalized spacial score (nSPS) is 16.4. The first-order valence-electron chi connectivity index (χ1n) is 6.67. The number of ether oxygens (including phenoxy) is 1. The molecule has 1 aliphatic heterocycles. The molecule has 0 radical (unpaired) electrons. The van der Waals surface area contributed by atoms with Crippen LogP contribution in [-0.4, -0.2) is 45.2 Å². The number of anilines is 2. The van der Waals surface area contributed by atoms with E-state index in [0.717, 1.165) is 31.9 Å². The van der Waals surface area contributed by atoms with Crippen molar-refractivity contribution in [3.05, 3.63) is 36.5 Å². The fraction of sp³-hybridized carbons (Fsp3) is 0.467. The van der Waals surface area contributed by atoms with Gasteiger partial charge in [0.05, 0.1) is 6.61 Å². The van der Waals surface area contributed by atoms with Crippen molar-refractivity contribution in [2.75, 3.05) is 50.6 Å². The summed E-state index contributed by atoms with van der Waals surface area (Å²) in [6.07, 6.45) is 1.70. The summed E-state index contributed by atoms with van der Waals surface area (Å²) >= 11 is 0. The van der Waals surface area contributed by atoms with Gasteiger partial charge in [-0.15, -0.1) is 0 Å². The van der Waals surface area contributed by atoms with Crippen molar-refractivity contribution in [2.24, 2.45) is 0 Å². The Labute approximate surface area is 115 Å². The van der Waals surface area contributed by atoms with E-state index in [1.165, 1.54) is 11.3 Å². The number of rotatable bonds is 5. The lowest BCUT2D eigenvalue weighted by molar-refractivity contribution is 0.185. The molecule has 1 fully saturated rings. The Morgan fingerprint density at radius 2 is 2.05 bits per heavy atom. The Hall–Kier alpha value is -1.52. The average Bonchev–Trinajstić information content (AvgIpc) is 2.42. The van der Waals surface area contributed by atoms with Crippen LogP contribution in [0, 0.1) is 0 Å². The van der Waals surface area contributed by atoms with Gasteiger partial charge < -0.3 is 19.9 Å². The van der Waals surface area contributed by atoms with Gasteiger partial charge in [-0.1, -0.05) is 6.58 Å². The minimum absolute atomic E-state index is 0.609. The summed E-state index contributed by atoms with van der Waals surface area (Å²) in [4.78, 5) is 4.79. The fourth-order valence-electron chi connectivity index (χ4n) is 2.37. The molecule has 1 aromatic rings. The van der Waals surface area contributed by atoms with Gasteiger partial charge in [0.2, 0.25) is 0 Å². The molecule has 0 unspecified atom stereocenters. The summed E-state index contributed by atoms with van der Waals surface area (Å²) in [6.45, 7) is 8.71. The highest BCUT2D eigenvalue weighted by Crippen LogP contribution is 2.25. The van der Waals surface area contributed by atoms with E-state index in [0.29, 0.717) is 6.61 Å². The van der Waals surface area contributed by atoms with E-state index in [9.17, 15) is 0 Å². The number of hydrogen-bond donors (Lipinski definition) is 1. The molecule has 1 N–H and O–H groups in total. The number of hydrogen-bond acceptors (Lipinski definition) is 4. The van der Waals surface area contributed by atoms with E-state index in [1.54, 1.807) is 13.3 Å². The second-order valence-corrected chi connectivity index (χ2v) is 4.91. The lowest BCUT2D eigenvalue weighted by Crippen LogP contribution is -2.44. The average molecular weight is 261 g/mol. The molecule has 0 spiro atoms. The van der Waals surface area contributed by atoms with E-state index >= 15 is 0 Å². The van der Waals surface area contributed by atoms with E-state index in [-0.39, 0.29) is 0 Å². The van der Waals surface area contributed by atoms with Crippen molar-refractivity contribution in [3.8, 4) is 0 Å². The zero-order valence-corrected chi connectivity index (χ0v) is 11.9. The van der Waals surface area contributed by atoms with E-state index in [1.807, 2.05) is 0 Å². The number of piperazine rings is 1. The number of benzene rings is 1. The molecule has 1 aliphatic rings. The summed E-state index contributed by atoms with van der Waals surface area (Å²) in [5, 5.41) is 3.16. The first-order chi connectivity index (χ1) is 9.24. The van der Waals surface area contributed by atoms with Gasteiger partial charge in [0, 0.05) is 50.2 Å². The maximum absolute atomic E-state index is 5.27. The Kier molecular flexibility index (Phi) is 4.82. The van der Waals surface area contributed by atoms with Crippen molar-refractivity contribution in [3.63, 3.8) is 0 Å². The van der Waals surface area contributed by atoms with Crippen LogP contribution in [-0.2, 0) is 11.3 Å². The van der Waals surface area contributed by atoms with Gasteiger partial charge in [0.1, 0.15) is 0 Å². The number of nitrogens with zero attached hydrogens (tertiary/aromatic N) is 2. The highest BCUT2D eigenvalue weighted by molar-refractivity contribution is 5.61. The first kappa shape index (κ1) is 13.9. The summed E-state index contributed by atoms with van der Waals surface area (Å²) in [5.74, 6) is 0. The maximum Gasteiger partial charge on any atom is 0.0734 e. The molecule has 0 amide bonds. The van der Waals surface area contributed by atoms with Crippen molar-refractivity contribution in [1.82, 2.24) is 4.90 Å². The van der Waals surface area contributed by atoms with Gasteiger partial charge in [-0.25, -0.2) is 0 Å². The SMILES string of the molecule is C=CNc1ccc(N2CCN(C)CC2)cc1COC. The van der Waals surface area contributed by atoms with E-state index in [2.05, 4.69) is 46.9 Å². The molecule has 0 aliphatic carbocycles. The summed E-state index contributed by atoms with van der Waals surface area (Å²) in [6, 6.07) is 6.47. The van der Waals surface area contributed by atoms with Crippen molar-refractivity contribution >= 4 is 11.4 Å². The first-order valence-corrected chi connectivity index (χ1v) is 6.67. The van der Waals surface area contributed by atoms with Crippen LogP contribution in [0.2, 0.25) is 0 Å². The van der Waals surface area contributed by atoms with Crippen LogP contribution in [0.4, 0.5) is 11.4 Å². The second kappa shape index (κ2) is 6.59. The predicted molar refractivity (Wildman–Crippen MR) is 80.7 cm³/mol. The molecule has 2 rings (SSSR count). The van der Waals surface area contributed by atoms with Crippen LogP contribution >= 0.6 is 0 Å². The zero-order chi connectivity index (χ0) is 13.7. The minimum atomic E-state index is 0.609. The number of nitrogens with one attached hydrogen (secondary N) is 1. The lowest BCUT2D eigenvalue weighted by Gasteiger charge is -2.34. The molecule has 19 heavy (non-hydrogen) atoms. The topological polar surface area (TPSA) is 27.7 Å². The molecule has 1 aromatic carbocycles. The van der Waals surface area contributed by atoms with Crippen LogP contribution < -0.4 is 10.2 Å². The molecule has 1 heterocycles. The van der Waals surface area contributed by atoms with Gasteiger partial charge in [0.25, 0.3) is 0 Å². The molecular formula is C15H23N3O. The fourth-order valence-corrected chi connectivity index (χ4v) is 2.37. The highest BCUT2D eigenvalue weighted by Gasteiger charge is 2.15. The van der Waals surface area contributed by atoms with Crippen LogP contribution in [0.15, 0.2) is 31.0 Å². The minimum Gasteiger partial charge on any atom is -0.380 e. The van der Waals surface area contributed by atoms with Crippen molar-refractivity contribution in [1.29, 1.82) is 0 Å². The molecule has 1 saturated heterocycles. The van der Waals surface area contributed by atoms with Gasteiger partial charge in [0.15, 0.2) is 0 Å². The van der Waals surface area contributed by atoms with Crippen LogP contribution in [0.5, 0.6) is 0 Å². The van der Waals surface area contributed by atoms with Gasteiger partial charge in [-0.2, -0.15) is 0 Å². The van der Waals surface area contributed by atoms with Crippen molar-refractivity contribution < 1.29 is 4.74 Å². The summed E-state index contributed by atoms with van der Waals surface area (Å²) < 4.78 is 5.27. The maximum atomic E-state index is 5.27. The second-order valence-electron chi connectivity index (χ2n) is 4.91. The summed E-state index contributed by atoms with van der Waals surface area (Å²) in [7, 11) is 3.89. The smallest absolute Gasteiger partial charge is 0.0734 e. The zero-order valence-electron chi connectivity index (χ0n) is 11.9. The third-order valence-corrected chi connectivity index (χ3v) is 3.51. The third kappa shape index (κ3) is 3.49. The Morgan fingerprint density at radius 3 is 2.68 bits per heavy atom. The Bertz CT molecular complexity index is 425. The van der Waals surface area contributed by atoms with Gasteiger partial charge >= 0.3 is 0 Å². The van der Waals surface area contributed by atoms with Crippen LogP contribution in [0.1, 0.15) is 5.56 Å². The molecule has 0 aromatic heterocycles. The Balaban J connectivity index is 2.17. The molecule has 0 saturated carbocycles. The van der Waals surface area contributed by atoms with E-state index < -0.39 is 0 Å². The standard InChI is InChI=1S/C15H23N3O/c1-4-16-15-6-5-14(11-13(15)12-19-3)18-9-7-17(2)8-10-18/h4-6,11,16H,1,7-10,12H2,2-3H3. The molecule has 4 nitrogen and oxygen atoms in total. The van der Waals surface area contributed by atoms with Crippen molar-refractivity contribution in [2.45, 2.75) is 6.61 Å². The molecule has 4 heteroatoms. The quantitative estimate of drug-likeness (QED) is 0.879. The number of likely N-dealkylation sites (N-methyl/N-ethyl adjacent to an activating group) is 1. The van der Waals surface area contributed by atoms with Crippen LogP contribution in [0.3, 0.4) is 0 Å². The molecule has 0 atom stereocenters. The molecule has 0 bridgehead atoms. The molecule has 104 valence electrons. The van der Waals surface area contributed by atoms with Gasteiger partial charge in [-0.05, 0) is 31.4 Å². The lowest BCUT2D eigenvalue weighted by atomic mass is 10.1. The largest absolute Gasteiger partial charge is 0.380 e. The predicted octanol–water partition coefficient (Wildman–Crippen LogP) is 2.14. The summed E-state index contributed by atoms with van der Waals surface area (Å²) in [5.41, 5.74) is 3.50. The Morgan fingerprint density at radius 1 is 1.32 bits per heavy atom. The third-order valence-electron chi connectivity index (χ3n) is 3.51. The van der Waals surface area contributed by atoms with Gasteiger partial charge in [-0.3, -0.25) is 0 Å². The van der Waals surface area contributed by atoms with Crippen LogP contribution in [0.25, 0.3) is 0 Å². The number of methoxy groups -OCH3 is 1. The highest BCUT2D eigenvalue weighted by atomic mass is 16.5. The monoisotopic (exact) mass is 261 g/mol.